The number of anilines is 1. The van der Waals surface area contributed by atoms with Gasteiger partial charge in [0.2, 0.25) is 11.0 Å². The lowest BCUT2D eigenvalue weighted by molar-refractivity contribution is -0.120. The van der Waals surface area contributed by atoms with Gasteiger partial charge in [0.15, 0.2) is 4.34 Å². The summed E-state index contributed by atoms with van der Waals surface area (Å²) >= 11 is 2.99. The van der Waals surface area contributed by atoms with Crippen LogP contribution >= 0.6 is 23.1 Å². The van der Waals surface area contributed by atoms with Crippen molar-refractivity contribution in [2.24, 2.45) is 5.92 Å². The van der Waals surface area contributed by atoms with E-state index in [0.717, 1.165) is 41.3 Å². The minimum Gasteiger partial charge on any atom is -0.300 e. The zero-order valence-corrected chi connectivity index (χ0v) is 14.8. The van der Waals surface area contributed by atoms with Crippen LogP contribution in [0.4, 0.5) is 5.13 Å². The third-order valence-electron chi connectivity index (χ3n) is 4.06. The second-order valence-electron chi connectivity index (χ2n) is 5.79. The van der Waals surface area contributed by atoms with Gasteiger partial charge in [-0.15, -0.1) is 10.2 Å². The average Bonchev–Trinajstić information content (AvgIpc) is 3.08. The normalized spacial score (nSPS) is 15.0. The fourth-order valence-electron chi connectivity index (χ4n) is 2.71. The molecule has 0 radical (unpaired) electrons. The van der Waals surface area contributed by atoms with Crippen molar-refractivity contribution in [3.63, 3.8) is 0 Å². The topological polar surface area (TPSA) is 78.7 Å². The molecule has 5 nitrogen and oxygen atoms in total. The lowest BCUT2D eigenvalue weighted by atomic mass is 9.89. The summed E-state index contributed by atoms with van der Waals surface area (Å²) in [6.45, 7) is 0. The van der Waals surface area contributed by atoms with Crippen molar-refractivity contribution < 1.29 is 4.79 Å². The van der Waals surface area contributed by atoms with Crippen molar-refractivity contribution in [2.75, 3.05) is 5.32 Å². The second kappa shape index (κ2) is 8.27. The summed E-state index contributed by atoms with van der Waals surface area (Å²) in [5.41, 5.74) is 1.79. The van der Waals surface area contributed by atoms with Crippen LogP contribution in [0.3, 0.4) is 0 Å². The van der Waals surface area contributed by atoms with Gasteiger partial charge in [-0.2, -0.15) is 5.26 Å². The molecule has 124 valence electrons. The van der Waals surface area contributed by atoms with Gasteiger partial charge in [-0.1, -0.05) is 54.5 Å². The highest BCUT2D eigenvalue weighted by Crippen LogP contribution is 2.30. The van der Waals surface area contributed by atoms with Gasteiger partial charge in [0, 0.05) is 11.7 Å². The number of rotatable bonds is 5. The van der Waals surface area contributed by atoms with Crippen molar-refractivity contribution in [3.05, 3.63) is 35.4 Å². The number of nitrogens with one attached hydrogen (secondary N) is 1. The Morgan fingerprint density at radius 2 is 2.00 bits per heavy atom. The number of hydrogen-bond donors (Lipinski definition) is 1. The maximum absolute atomic E-state index is 12.2. The monoisotopic (exact) mass is 358 g/mol. The predicted octanol–water partition coefficient (Wildman–Crippen LogP) is 4.22. The van der Waals surface area contributed by atoms with Crippen LogP contribution < -0.4 is 5.32 Å². The number of amides is 1. The number of carbonyl (C=O) groups is 1. The molecule has 1 N–H and O–H groups in total. The van der Waals surface area contributed by atoms with Gasteiger partial charge >= 0.3 is 0 Å². The molecule has 0 aliphatic heterocycles. The van der Waals surface area contributed by atoms with Crippen LogP contribution in [-0.4, -0.2) is 16.1 Å². The molecule has 24 heavy (non-hydrogen) atoms. The molecule has 1 aromatic heterocycles. The number of benzene rings is 1. The molecule has 0 unspecified atom stereocenters. The molecule has 1 aliphatic rings. The van der Waals surface area contributed by atoms with Crippen LogP contribution in [0.2, 0.25) is 0 Å². The number of hydrogen-bond acceptors (Lipinski definition) is 6. The Balaban J connectivity index is 1.51. The van der Waals surface area contributed by atoms with Crippen LogP contribution in [0.5, 0.6) is 0 Å². The van der Waals surface area contributed by atoms with Gasteiger partial charge in [0.05, 0.1) is 11.6 Å². The lowest BCUT2D eigenvalue weighted by Gasteiger charge is -2.19. The molecule has 1 heterocycles. The summed E-state index contributed by atoms with van der Waals surface area (Å²) in [6, 6.07) is 9.62. The van der Waals surface area contributed by atoms with Crippen LogP contribution in [0, 0.1) is 17.2 Å². The number of nitriles is 1. The van der Waals surface area contributed by atoms with E-state index in [1.165, 1.54) is 17.8 Å². The van der Waals surface area contributed by atoms with Gasteiger partial charge in [-0.05, 0) is 30.5 Å². The summed E-state index contributed by atoms with van der Waals surface area (Å²) in [6.07, 6.45) is 5.47. The van der Waals surface area contributed by atoms with Crippen molar-refractivity contribution >= 4 is 34.1 Å². The van der Waals surface area contributed by atoms with Crippen molar-refractivity contribution in [1.29, 1.82) is 5.26 Å². The van der Waals surface area contributed by atoms with Gasteiger partial charge in [0.25, 0.3) is 0 Å². The first-order valence-corrected chi connectivity index (χ1v) is 9.81. The first-order chi connectivity index (χ1) is 11.7. The standard InChI is InChI=1S/C17H18N4OS2/c18-10-12-6-8-13(9-7-12)11-23-17-21-20-16(24-17)19-15(22)14-4-2-1-3-5-14/h6-9,14H,1-5,11H2,(H,19,20,22). The third kappa shape index (κ3) is 4.56. The van der Waals surface area contributed by atoms with E-state index in [0.29, 0.717) is 10.7 Å². The average molecular weight is 358 g/mol. The van der Waals surface area contributed by atoms with E-state index in [4.69, 9.17) is 5.26 Å². The lowest BCUT2D eigenvalue weighted by Crippen LogP contribution is -2.24. The molecule has 1 saturated carbocycles. The van der Waals surface area contributed by atoms with E-state index in [1.807, 2.05) is 24.3 Å². The maximum Gasteiger partial charge on any atom is 0.229 e. The van der Waals surface area contributed by atoms with Crippen LogP contribution in [0.1, 0.15) is 43.2 Å². The van der Waals surface area contributed by atoms with E-state index in [9.17, 15) is 4.79 Å². The van der Waals surface area contributed by atoms with E-state index < -0.39 is 0 Å². The quantitative estimate of drug-likeness (QED) is 0.639. The van der Waals surface area contributed by atoms with E-state index in [-0.39, 0.29) is 11.8 Å². The Morgan fingerprint density at radius 1 is 1.25 bits per heavy atom. The summed E-state index contributed by atoms with van der Waals surface area (Å²) < 4.78 is 0.832. The number of aromatic nitrogens is 2. The molecule has 1 aromatic carbocycles. The molecule has 0 spiro atoms. The predicted molar refractivity (Wildman–Crippen MR) is 95.8 cm³/mol. The highest BCUT2D eigenvalue weighted by Gasteiger charge is 2.22. The van der Waals surface area contributed by atoms with Crippen LogP contribution in [0.15, 0.2) is 28.6 Å². The van der Waals surface area contributed by atoms with Gasteiger partial charge in [0.1, 0.15) is 0 Å². The molecular weight excluding hydrogens is 340 g/mol. The van der Waals surface area contributed by atoms with Gasteiger partial charge in [-0.25, -0.2) is 0 Å². The van der Waals surface area contributed by atoms with E-state index >= 15 is 0 Å². The molecular formula is C17H18N4OS2. The minimum atomic E-state index is 0.0782. The third-order valence-corrected chi connectivity index (χ3v) is 6.10. The zero-order valence-electron chi connectivity index (χ0n) is 13.2. The van der Waals surface area contributed by atoms with E-state index in [2.05, 4.69) is 21.6 Å². The second-order valence-corrected chi connectivity index (χ2v) is 7.99. The molecule has 0 saturated heterocycles. The minimum absolute atomic E-state index is 0.0782. The molecule has 1 fully saturated rings. The molecule has 7 heteroatoms. The van der Waals surface area contributed by atoms with Crippen molar-refractivity contribution in [3.8, 4) is 6.07 Å². The van der Waals surface area contributed by atoms with Crippen molar-refractivity contribution in [1.82, 2.24) is 10.2 Å². The Hall–Kier alpha value is -1.91. The molecule has 0 bridgehead atoms. The van der Waals surface area contributed by atoms with Crippen molar-refractivity contribution in [2.45, 2.75) is 42.2 Å². The first-order valence-electron chi connectivity index (χ1n) is 8.01. The summed E-state index contributed by atoms with van der Waals surface area (Å²) in [5.74, 6) is 0.962. The summed E-state index contributed by atoms with van der Waals surface area (Å²) in [4.78, 5) is 12.2. The Bertz CT molecular complexity index is 730. The van der Waals surface area contributed by atoms with E-state index in [1.54, 1.807) is 11.8 Å². The van der Waals surface area contributed by atoms with Crippen LogP contribution in [-0.2, 0) is 10.5 Å². The fraction of sp³-hybridized carbons (Fsp3) is 0.412. The SMILES string of the molecule is N#Cc1ccc(CSc2nnc(NC(=O)C3CCCCC3)s2)cc1. The van der Waals surface area contributed by atoms with Crippen LogP contribution in [0.25, 0.3) is 0 Å². The first kappa shape index (κ1) is 16.9. The molecule has 3 rings (SSSR count). The number of thioether (sulfide) groups is 1. The highest BCUT2D eigenvalue weighted by atomic mass is 32.2. The molecule has 0 atom stereocenters. The Kier molecular flexibility index (Phi) is 5.83. The largest absolute Gasteiger partial charge is 0.300 e. The Labute approximate surface area is 149 Å². The van der Waals surface area contributed by atoms with Gasteiger partial charge in [-0.3, -0.25) is 4.79 Å². The fourth-order valence-corrected chi connectivity index (χ4v) is 4.42. The number of nitrogens with zero attached hydrogens (tertiary/aromatic N) is 3. The smallest absolute Gasteiger partial charge is 0.229 e. The summed E-state index contributed by atoms with van der Waals surface area (Å²) in [5, 5.41) is 20.5. The highest BCUT2D eigenvalue weighted by molar-refractivity contribution is 8.00. The summed E-state index contributed by atoms with van der Waals surface area (Å²) in [7, 11) is 0. The molecule has 2 aromatic rings. The van der Waals surface area contributed by atoms with Gasteiger partial charge < -0.3 is 5.32 Å². The molecule has 1 amide bonds. The zero-order chi connectivity index (χ0) is 16.8. The number of carbonyl (C=O) groups excluding carboxylic acids is 1. The maximum atomic E-state index is 12.2. The molecule has 1 aliphatic carbocycles. The Morgan fingerprint density at radius 3 is 2.71 bits per heavy atom.